The Morgan fingerprint density at radius 3 is 2.38 bits per heavy atom. The Kier molecular flexibility index (Phi) is 4.58. The van der Waals surface area contributed by atoms with Gasteiger partial charge in [0, 0.05) is 5.92 Å². The van der Waals surface area contributed by atoms with E-state index in [-0.39, 0.29) is 6.10 Å². The maximum absolute atomic E-state index is 5.76. The molecule has 0 aromatic rings. The van der Waals surface area contributed by atoms with E-state index < -0.39 is 0 Å². The topological polar surface area (TPSA) is 43.5 Å². The van der Waals surface area contributed by atoms with Crippen molar-refractivity contribution in [1.29, 1.82) is 0 Å². The van der Waals surface area contributed by atoms with Crippen LogP contribution in [0.4, 0.5) is 0 Å². The first-order valence-corrected chi connectivity index (χ1v) is 6.22. The van der Waals surface area contributed by atoms with Gasteiger partial charge in [-0.1, -0.05) is 6.92 Å². The first-order chi connectivity index (χ1) is 7.79. The molecule has 0 bridgehead atoms. The van der Waals surface area contributed by atoms with Crippen LogP contribution in [0.3, 0.4) is 0 Å². The van der Waals surface area contributed by atoms with E-state index in [4.69, 9.17) is 18.9 Å². The molecule has 0 saturated carbocycles. The molecule has 0 aromatic carbocycles. The molecule has 94 valence electrons. The molecule has 2 heterocycles. The Hall–Kier alpha value is -0.160. The van der Waals surface area contributed by atoms with Gasteiger partial charge >= 0.3 is 0 Å². The second kappa shape index (κ2) is 5.96. The molecule has 4 nitrogen and oxygen atoms in total. The molecule has 4 unspecified atom stereocenters. The van der Waals surface area contributed by atoms with E-state index in [2.05, 4.69) is 13.8 Å². The molecule has 2 aliphatic rings. The zero-order chi connectivity index (χ0) is 11.4. The quantitative estimate of drug-likeness (QED) is 0.559. The zero-order valence-corrected chi connectivity index (χ0v) is 10.2. The van der Waals surface area contributed by atoms with Gasteiger partial charge < -0.3 is 18.9 Å². The maximum Gasteiger partial charge on any atom is 0.104 e. The molecule has 0 radical (unpaired) electrons. The van der Waals surface area contributed by atoms with E-state index >= 15 is 0 Å². The Bertz CT molecular complexity index is 201. The highest BCUT2D eigenvalue weighted by atomic mass is 16.6. The molecule has 4 heteroatoms. The second-order valence-corrected chi connectivity index (χ2v) is 4.65. The summed E-state index contributed by atoms with van der Waals surface area (Å²) in [5.41, 5.74) is 0. The minimum absolute atomic E-state index is 0.245. The third-order valence-corrected chi connectivity index (χ3v) is 3.17. The smallest absolute Gasteiger partial charge is 0.104 e. The van der Waals surface area contributed by atoms with E-state index in [0.717, 1.165) is 39.5 Å². The van der Waals surface area contributed by atoms with Crippen molar-refractivity contribution in [3.05, 3.63) is 0 Å². The first kappa shape index (κ1) is 12.3. The standard InChI is InChI=1S/C12H22O4/c1-3-10(4-13-5-11-7-15-11)9(2)14-6-12-8-16-12/h9-12H,3-8H2,1-2H3. The summed E-state index contributed by atoms with van der Waals surface area (Å²) in [7, 11) is 0. The molecule has 0 aliphatic carbocycles. The van der Waals surface area contributed by atoms with Gasteiger partial charge in [0.2, 0.25) is 0 Å². The van der Waals surface area contributed by atoms with Gasteiger partial charge in [-0.15, -0.1) is 0 Å². The largest absolute Gasteiger partial charge is 0.378 e. The summed E-state index contributed by atoms with van der Waals surface area (Å²) in [6, 6.07) is 0. The van der Waals surface area contributed by atoms with Crippen molar-refractivity contribution in [2.24, 2.45) is 5.92 Å². The van der Waals surface area contributed by atoms with E-state index in [1.54, 1.807) is 0 Å². The van der Waals surface area contributed by atoms with Crippen LogP contribution in [-0.4, -0.2) is 51.3 Å². The van der Waals surface area contributed by atoms with Crippen molar-refractivity contribution in [3.8, 4) is 0 Å². The average Bonchev–Trinajstić information content (AvgIpc) is 3.15. The number of hydrogen-bond donors (Lipinski definition) is 0. The van der Waals surface area contributed by atoms with Crippen molar-refractivity contribution in [1.82, 2.24) is 0 Å². The van der Waals surface area contributed by atoms with Crippen LogP contribution < -0.4 is 0 Å². The third kappa shape index (κ3) is 4.37. The van der Waals surface area contributed by atoms with Crippen molar-refractivity contribution in [3.63, 3.8) is 0 Å². The van der Waals surface area contributed by atoms with Crippen LogP contribution in [0.15, 0.2) is 0 Å². The van der Waals surface area contributed by atoms with Gasteiger partial charge in [0.1, 0.15) is 12.2 Å². The number of rotatable bonds is 9. The fourth-order valence-electron chi connectivity index (χ4n) is 1.66. The molecule has 2 rings (SSSR count). The summed E-state index contributed by atoms with van der Waals surface area (Å²) in [4.78, 5) is 0. The van der Waals surface area contributed by atoms with E-state index in [9.17, 15) is 0 Å². The summed E-state index contributed by atoms with van der Waals surface area (Å²) >= 11 is 0. The van der Waals surface area contributed by atoms with Crippen LogP contribution in [-0.2, 0) is 18.9 Å². The summed E-state index contributed by atoms with van der Waals surface area (Å²) in [5.74, 6) is 0.470. The van der Waals surface area contributed by atoms with Crippen LogP contribution in [0.5, 0.6) is 0 Å². The van der Waals surface area contributed by atoms with Gasteiger partial charge in [0.25, 0.3) is 0 Å². The van der Waals surface area contributed by atoms with Gasteiger partial charge in [-0.05, 0) is 13.3 Å². The lowest BCUT2D eigenvalue weighted by Crippen LogP contribution is -2.26. The van der Waals surface area contributed by atoms with E-state index in [0.29, 0.717) is 18.1 Å². The van der Waals surface area contributed by atoms with Gasteiger partial charge in [-0.2, -0.15) is 0 Å². The van der Waals surface area contributed by atoms with Crippen molar-refractivity contribution >= 4 is 0 Å². The molecule has 4 atom stereocenters. The lowest BCUT2D eigenvalue weighted by Gasteiger charge is -2.22. The van der Waals surface area contributed by atoms with Gasteiger partial charge in [0.15, 0.2) is 0 Å². The first-order valence-electron chi connectivity index (χ1n) is 6.22. The van der Waals surface area contributed by atoms with Crippen LogP contribution in [0.2, 0.25) is 0 Å². The number of ether oxygens (including phenoxy) is 4. The highest BCUT2D eigenvalue weighted by Gasteiger charge is 2.26. The minimum Gasteiger partial charge on any atom is -0.378 e. The summed E-state index contributed by atoms with van der Waals surface area (Å²) in [6.07, 6.45) is 2.03. The third-order valence-electron chi connectivity index (χ3n) is 3.17. The van der Waals surface area contributed by atoms with Crippen molar-refractivity contribution < 1.29 is 18.9 Å². The lowest BCUT2D eigenvalue weighted by atomic mass is 10.0. The molecular formula is C12H22O4. The highest BCUT2D eigenvalue weighted by Crippen LogP contribution is 2.17. The van der Waals surface area contributed by atoms with E-state index in [1.165, 1.54) is 0 Å². The van der Waals surface area contributed by atoms with Crippen LogP contribution >= 0.6 is 0 Å². The molecule has 0 N–H and O–H groups in total. The predicted molar refractivity (Wildman–Crippen MR) is 59.5 cm³/mol. The SMILES string of the molecule is CCC(COCC1CO1)C(C)OCC1CO1. The molecule has 0 spiro atoms. The Labute approximate surface area is 97.2 Å². The fourth-order valence-corrected chi connectivity index (χ4v) is 1.66. The normalized spacial score (nSPS) is 31.1. The zero-order valence-electron chi connectivity index (χ0n) is 10.2. The Morgan fingerprint density at radius 1 is 1.19 bits per heavy atom. The summed E-state index contributed by atoms with van der Waals surface area (Å²) < 4.78 is 21.6. The Balaban J connectivity index is 1.56. The molecule has 2 aliphatic heterocycles. The monoisotopic (exact) mass is 230 g/mol. The van der Waals surface area contributed by atoms with Crippen LogP contribution in [0.25, 0.3) is 0 Å². The van der Waals surface area contributed by atoms with Crippen molar-refractivity contribution in [2.45, 2.75) is 38.6 Å². The molecule has 16 heavy (non-hydrogen) atoms. The van der Waals surface area contributed by atoms with Crippen LogP contribution in [0, 0.1) is 5.92 Å². The predicted octanol–water partition coefficient (Wildman–Crippen LogP) is 1.23. The highest BCUT2D eigenvalue weighted by molar-refractivity contribution is 4.72. The minimum atomic E-state index is 0.245. The summed E-state index contributed by atoms with van der Waals surface area (Å²) in [5, 5.41) is 0. The Morgan fingerprint density at radius 2 is 1.81 bits per heavy atom. The van der Waals surface area contributed by atoms with Gasteiger partial charge in [-0.3, -0.25) is 0 Å². The second-order valence-electron chi connectivity index (χ2n) is 4.65. The number of epoxide rings is 2. The molecular weight excluding hydrogens is 208 g/mol. The summed E-state index contributed by atoms with van der Waals surface area (Å²) in [6.45, 7) is 8.24. The van der Waals surface area contributed by atoms with Gasteiger partial charge in [-0.25, -0.2) is 0 Å². The lowest BCUT2D eigenvalue weighted by molar-refractivity contribution is -0.0211. The van der Waals surface area contributed by atoms with Crippen LogP contribution in [0.1, 0.15) is 20.3 Å². The average molecular weight is 230 g/mol. The molecule has 2 saturated heterocycles. The molecule has 2 fully saturated rings. The van der Waals surface area contributed by atoms with Gasteiger partial charge in [0.05, 0.1) is 39.1 Å². The molecule has 0 amide bonds. The number of hydrogen-bond acceptors (Lipinski definition) is 4. The fraction of sp³-hybridized carbons (Fsp3) is 1.00. The van der Waals surface area contributed by atoms with E-state index in [1.807, 2.05) is 0 Å². The molecule has 0 aromatic heterocycles. The maximum atomic E-state index is 5.76. The van der Waals surface area contributed by atoms with Crippen molar-refractivity contribution in [2.75, 3.05) is 33.0 Å².